The molecule has 0 amide bonds. The largest absolute Gasteiger partial charge is 0.317 e. The first kappa shape index (κ1) is 18.7. The molecule has 0 atom stereocenters. The molecule has 3 heteroatoms. The molecule has 0 unspecified atom stereocenters. The van der Waals surface area contributed by atoms with E-state index in [-0.39, 0.29) is 0 Å². The summed E-state index contributed by atoms with van der Waals surface area (Å²) >= 11 is 4.25. The zero-order valence-corrected chi connectivity index (χ0v) is 14.9. The third-order valence-corrected chi connectivity index (χ3v) is 3.69. The second-order valence-electron chi connectivity index (χ2n) is 4.99. The van der Waals surface area contributed by atoms with E-state index in [1.807, 2.05) is 45.2 Å². The van der Waals surface area contributed by atoms with Crippen molar-refractivity contribution in [2.24, 2.45) is 0 Å². The molecule has 1 aliphatic rings. The van der Waals surface area contributed by atoms with E-state index < -0.39 is 0 Å². The van der Waals surface area contributed by atoms with Crippen LogP contribution >= 0.6 is 12.6 Å². The fourth-order valence-electron chi connectivity index (χ4n) is 2.23. The van der Waals surface area contributed by atoms with Gasteiger partial charge in [-0.15, -0.1) is 12.6 Å². The predicted molar refractivity (Wildman–Crippen MR) is 99.7 cm³/mol. The van der Waals surface area contributed by atoms with E-state index >= 15 is 0 Å². The van der Waals surface area contributed by atoms with E-state index in [4.69, 9.17) is 0 Å². The van der Waals surface area contributed by atoms with E-state index in [9.17, 15) is 0 Å². The van der Waals surface area contributed by atoms with E-state index in [2.05, 4.69) is 41.1 Å². The minimum atomic E-state index is 0.982. The highest BCUT2D eigenvalue weighted by molar-refractivity contribution is 7.80. The number of hydrogen-bond donors (Lipinski definition) is 2. The van der Waals surface area contributed by atoms with Crippen LogP contribution in [0.2, 0.25) is 0 Å². The summed E-state index contributed by atoms with van der Waals surface area (Å²) in [5, 5.41) is 3.28. The lowest BCUT2D eigenvalue weighted by Crippen LogP contribution is -2.21. The van der Waals surface area contributed by atoms with Crippen LogP contribution in [0.5, 0.6) is 0 Å². The molecule has 120 valence electrons. The van der Waals surface area contributed by atoms with Gasteiger partial charge in [0.2, 0.25) is 0 Å². The molecule has 2 nitrogen and oxygen atoms in total. The number of aromatic nitrogens is 1. The topological polar surface area (TPSA) is 24.9 Å². The molecule has 1 fully saturated rings. The average molecular weight is 317 g/mol. The van der Waals surface area contributed by atoms with Gasteiger partial charge >= 0.3 is 0 Å². The van der Waals surface area contributed by atoms with Crippen molar-refractivity contribution in [2.75, 3.05) is 13.1 Å². The van der Waals surface area contributed by atoms with E-state index in [0.29, 0.717) is 0 Å². The number of nitrogens with zero attached hydrogens (tertiary/aromatic N) is 1. The molecule has 1 aromatic carbocycles. The molecule has 3 rings (SSSR count). The SMILES string of the molecule is C1CCNCC1.CC.Cc1ncccc1-c1ccc(S)cc1. The smallest absolute Gasteiger partial charge is 0.0450 e. The van der Waals surface area contributed by atoms with Crippen molar-refractivity contribution in [3.05, 3.63) is 48.3 Å². The summed E-state index contributed by atoms with van der Waals surface area (Å²) in [6.07, 6.45) is 6.03. The summed E-state index contributed by atoms with van der Waals surface area (Å²) in [7, 11) is 0. The number of benzene rings is 1. The molecule has 0 saturated carbocycles. The molecule has 0 bridgehead atoms. The standard InChI is InChI=1S/C12H11NS.C5H11N.C2H6/c1-9-12(3-2-8-13-9)10-4-6-11(14)7-5-10;1-2-4-6-5-3-1;1-2/h2-8,14H,1H3;6H,1-5H2;1-2H3. The van der Waals surface area contributed by atoms with Crippen molar-refractivity contribution >= 4 is 12.6 Å². The highest BCUT2D eigenvalue weighted by Crippen LogP contribution is 2.22. The van der Waals surface area contributed by atoms with E-state index in [1.54, 1.807) is 0 Å². The van der Waals surface area contributed by atoms with Crippen molar-refractivity contribution in [2.45, 2.75) is 44.9 Å². The van der Waals surface area contributed by atoms with Crippen molar-refractivity contribution in [1.82, 2.24) is 10.3 Å². The van der Waals surface area contributed by atoms with Gasteiger partial charge in [-0.25, -0.2) is 0 Å². The normalized spacial score (nSPS) is 13.3. The molecule has 1 aromatic heterocycles. The maximum absolute atomic E-state index is 4.26. The van der Waals surface area contributed by atoms with Gasteiger partial charge in [-0.05, 0) is 56.6 Å². The number of nitrogens with one attached hydrogen (secondary N) is 1. The van der Waals surface area contributed by atoms with Crippen LogP contribution in [-0.4, -0.2) is 18.1 Å². The maximum Gasteiger partial charge on any atom is 0.0450 e. The van der Waals surface area contributed by atoms with Crippen LogP contribution in [-0.2, 0) is 0 Å². The third-order valence-electron chi connectivity index (χ3n) is 3.39. The number of hydrogen-bond acceptors (Lipinski definition) is 3. The van der Waals surface area contributed by atoms with Gasteiger partial charge in [-0.1, -0.05) is 38.5 Å². The fraction of sp³-hybridized carbons (Fsp3) is 0.421. The van der Waals surface area contributed by atoms with Gasteiger partial charge in [0, 0.05) is 22.3 Å². The van der Waals surface area contributed by atoms with Gasteiger partial charge in [-0.3, -0.25) is 4.98 Å². The van der Waals surface area contributed by atoms with Crippen molar-refractivity contribution in [3.8, 4) is 11.1 Å². The third kappa shape index (κ3) is 6.63. The Hall–Kier alpha value is -1.32. The average Bonchev–Trinajstić information content (AvgIpc) is 2.60. The number of pyridine rings is 1. The lowest BCUT2D eigenvalue weighted by Gasteiger charge is -2.08. The summed E-state index contributed by atoms with van der Waals surface area (Å²) in [6.45, 7) is 8.52. The van der Waals surface area contributed by atoms with E-state index in [1.165, 1.54) is 43.5 Å². The van der Waals surface area contributed by atoms with Gasteiger partial charge in [-0.2, -0.15) is 0 Å². The molecule has 0 radical (unpaired) electrons. The van der Waals surface area contributed by atoms with Crippen molar-refractivity contribution < 1.29 is 0 Å². The maximum atomic E-state index is 4.26. The lowest BCUT2D eigenvalue weighted by molar-refractivity contribution is 0.520. The Morgan fingerprint density at radius 2 is 1.59 bits per heavy atom. The molecule has 1 aliphatic heterocycles. The summed E-state index contributed by atoms with van der Waals surface area (Å²) in [5.74, 6) is 0. The Morgan fingerprint density at radius 1 is 0.955 bits per heavy atom. The lowest BCUT2D eigenvalue weighted by atomic mass is 10.1. The molecule has 0 spiro atoms. The Morgan fingerprint density at radius 3 is 2.05 bits per heavy atom. The molecule has 22 heavy (non-hydrogen) atoms. The van der Waals surface area contributed by atoms with Crippen LogP contribution in [0.1, 0.15) is 38.8 Å². The molecular weight excluding hydrogens is 288 g/mol. The van der Waals surface area contributed by atoms with Crippen LogP contribution in [0.25, 0.3) is 11.1 Å². The molecule has 0 aliphatic carbocycles. The molecule has 1 saturated heterocycles. The monoisotopic (exact) mass is 316 g/mol. The Bertz CT molecular complexity index is 508. The number of thiol groups is 1. The molecule has 1 N–H and O–H groups in total. The van der Waals surface area contributed by atoms with Gasteiger partial charge in [0.1, 0.15) is 0 Å². The van der Waals surface area contributed by atoms with Crippen LogP contribution in [0.4, 0.5) is 0 Å². The zero-order chi connectivity index (χ0) is 16.2. The zero-order valence-electron chi connectivity index (χ0n) is 14.0. The molecule has 2 aromatic rings. The van der Waals surface area contributed by atoms with Crippen LogP contribution in [0, 0.1) is 6.92 Å². The second-order valence-corrected chi connectivity index (χ2v) is 5.51. The van der Waals surface area contributed by atoms with Crippen LogP contribution in [0.15, 0.2) is 47.5 Å². The summed E-state index contributed by atoms with van der Waals surface area (Å²) in [4.78, 5) is 5.24. The van der Waals surface area contributed by atoms with Crippen LogP contribution < -0.4 is 5.32 Å². The summed E-state index contributed by atoms with van der Waals surface area (Å²) in [6, 6.07) is 12.1. The Labute approximate surface area is 140 Å². The van der Waals surface area contributed by atoms with Crippen molar-refractivity contribution in [3.63, 3.8) is 0 Å². The number of aryl methyl sites for hydroxylation is 1. The first-order valence-corrected chi connectivity index (χ1v) is 8.64. The van der Waals surface area contributed by atoms with Gasteiger partial charge in [0.25, 0.3) is 0 Å². The highest BCUT2D eigenvalue weighted by atomic mass is 32.1. The predicted octanol–water partition coefficient (Wildman–Crippen LogP) is 5.13. The summed E-state index contributed by atoms with van der Waals surface area (Å²) < 4.78 is 0. The number of rotatable bonds is 1. The van der Waals surface area contributed by atoms with Gasteiger partial charge < -0.3 is 5.32 Å². The van der Waals surface area contributed by atoms with Crippen molar-refractivity contribution in [1.29, 1.82) is 0 Å². The molecule has 2 heterocycles. The second kappa shape index (κ2) is 11.3. The quantitative estimate of drug-likeness (QED) is 0.713. The fourth-order valence-corrected chi connectivity index (χ4v) is 2.38. The number of piperidine rings is 1. The first-order chi connectivity index (χ1) is 10.8. The minimum Gasteiger partial charge on any atom is -0.317 e. The van der Waals surface area contributed by atoms with Gasteiger partial charge in [0.05, 0.1) is 0 Å². The molecular formula is C19H28N2S. The van der Waals surface area contributed by atoms with E-state index in [0.717, 1.165) is 10.6 Å². The van der Waals surface area contributed by atoms with Crippen LogP contribution in [0.3, 0.4) is 0 Å². The Kier molecular flexibility index (Phi) is 9.60. The minimum absolute atomic E-state index is 0.982. The van der Waals surface area contributed by atoms with Gasteiger partial charge in [0.15, 0.2) is 0 Å². The highest BCUT2D eigenvalue weighted by Gasteiger charge is 2.00. The summed E-state index contributed by atoms with van der Waals surface area (Å²) in [5.41, 5.74) is 3.42. The Balaban J connectivity index is 0.000000253. The first-order valence-electron chi connectivity index (χ1n) is 8.19.